The number of carbonyl (C=O) groups excluding carboxylic acids is 1. The smallest absolute Gasteiger partial charge is 0.236 e. The van der Waals surface area contributed by atoms with Crippen LogP contribution in [0.1, 0.15) is 6.92 Å². The Kier molecular flexibility index (Phi) is 7.58. The van der Waals surface area contributed by atoms with Crippen molar-refractivity contribution in [2.75, 3.05) is 33.3 Å². The first-order valence-electron chi connectivity index (χ1n) is 6.54. The highest BCUT2D eigenvalue weighted by Gasteiger charge is 2.09. The van der Waals surface area contributed by atoms with Crippen LogP contribution in [0.3, 0.4) is 0 Å². The van der Waals surface area contributed by atoms with Gasteiger partial charge in [0.05, 0.1) is 6.54 Å². The van der Waals surface area contributed by atoms with Crippen LogP contribution >= 0.6 is 15.9 Å². The molecule has 1 rings (SSSR count). The molecular formula is C14H21BrN2O3. The van der Waals surface area contributed by atoms with Crippen molar-refractivity contribution in [2.45, 2.75) is 13.0 Å². The van der Waals surface area contributed by atoms with E-state index in [1.807, 2.05) is 31.2 Å². The number of likely N-dealkylation sites (N-methyl/N-ethyl adjacent to an activating group) is 1. The van der Waals surface area contributed by atoms with Gasteiger partial charge < -0.3 is 20.1 Å². The van der Waals surface area contributed by atoms with Crippen molar-refractivity contribution >= 4 is 21.8 Å². The quantitative estimate of drug-likeness (QED) is 0.745. The van der Waals surface area contributed by atoms with Crippen LogP contribution in [0.25, 0.3) is 0 Å². The molecule has 0 saturated carbocycles. The van der Waals surface area contributed by atoms with Gasteiger partial charge in [-0.3, -0.25) is 4.79 Å². The highest BCUT2D eigenvalue weighted by molar-refractivity contribution is 9.10. The summed E-state index contributed by atoms with van der Waals surface area (Å²) in [6.07, 6.45) is -0.659. The number of ether oxygens (including phenoxy) is 1. The van der Waals surface area contributed by atoms with Crippen LogP contribution in [-0.2, 0) is 4.79 Å². The molecule has 6 heteroatoms. The zero-order valence-electron chi connectivity index (χ0n) is 11.8. The maximum absolute atomic E-state index is 11.5. The summed E-state index contributed by atoms with van der Waals surface area (Å²) < 4.78 is 6.39. The Bertz CT molecular complexity index is 429. The van der Waals surface area contributed by atoms with Gasteiger partial charge in [0.2, 0.25) is 5.91 Å². The number of carbonyl (C=O) groups is 1. The van der Waals surface area contributed by atoms with E-state index < -0.39 is 6.10 Å². The second-order valence-electron chi connectivity index (χ2n) is 4.46. The van der Waals surface area contributed by atoms with E-state index in [-0.39, 0.29) is 19.1 Å². The molecule has 0 bridgehead atoms. The van der Waals surface area contributed by atoms with Gasteiger partial charge in [0.1, 0.15) is 18.5 Å². The van der Waals surface area contributed by atoms with Crippen molar-refractivity contribution in [3.05, 3.63) is 28.7 Å². The van der Waals surface area contributed by atoms with Gasteiger partial charge in [0.25, 0.3) is 0 Å². The first-order valence-corrected chi connectivity index (χ1v) is 7.33. The van der Waals surface area contributed by atoms with Crippen LogP contribution in [-0.4, -0.2) is 55.3 Å². The maximum Gasteiger partial charge on any atom is 0.236 e. The predicted octanol–water partition coefficient (Wildman–Crippen LogP) is 1.26. The molecule has 20 heavy (non-hydrogen) atoms. The molecule has 0 radical (unpaired) electrons. The third kappa shape index (κ3) is 6.36. The normalized spacial score (nSPS) is 12.0. The number of aliphatic hydroxyl groups is 1. The molecule has 2 N–H and O–H groups in total. The summed E-state index contributed by atoms with van der Waals surface area (Å²) >= 11 is 3.35. The van der Waals surface area contributed by atoms with Crippen LogP contribution < -0.4 is 10.1 Å². The van der Waals surface area contributed by atoms with E-state index >= 15 is 0 Å². The topological polar surface area (TPSA) is 61.8 Å². The fourth-order valence-corrected chi connectivity index (χ4v) is 1.84. The van der Waals surface area contributed by atoms with E-state index in [1.54, 1.807) is 11.9 Å². The zero-order chi connectivity index (χ0) is 15.0. The van der Waals surface area contributed by atoms with E-state index in [2.05, 4.69) is 21.2 Å². The van der Waals surface area contributed by atoms with Gasteiger partial charge >= 0.3 is 0 Å². The second kappa shape index (κ2) is 8.94. The molecule has 1 atom stereocenters. The molecule has 1 unspecified atom stereocenters. The van der Waals surface area contributed by atoms with Crippen molar-refractivity contribution in [2.24, 2.45) is 0 Å². The average molecular weight is 345 g/mol. The summed E-state index contributed by atoms with van der Waals surface area (Å²) in [5, 5.41) is 12.7. The molecule has 1 amide bonds. The SMILES string of the molecule is CCN(C)C(=O)CNCC(O)COc1cccc(Br)c1. The first kappa shape index (κ1) is 16.9. The van der Waals surface area contributed by atoms with E-state index in [4.69, 9.17) is 4.74 Å². The number of benzene rings is 1. The number of hydrogen-bond donors (Lipinski definition) is 2. The monoisotopic (exact) mass is 344 g/mol. The van der Waals surface area contributed by atoms with E-state index in [0.717, 1.165) is 4.47 Å². The van der Waals surface area contributed by atoms with E-state index in [0.29, 0.717) is 18.8 Å². The number of aliphatic hydroxyl groups excluding tert-OH is 1. The molecule has 0 heterocycles. The number of hydrogen-bond acceptors (Lipinski definition) is 4. The van der Waals surface area contributed by atoms with Crippen LogP contribution in [0.4, 0.5) is 0 Å². The lowest BCUT2D eigenvalue weighted by Gasteiger charge is -2.16. The van der Waals surface area contributed by atoms with Crippen LogP contribution in [0, 0.1) is 0 Å². The number of halogens is 1. The van der Waals surface area contributed by atoms with Gasteiger partial charge in [-0.25, -0.2) is 0 Å². The summed E-state index contributed by atoms with van der Waals surface area (Å²) in [5.41, 5.74) is 0. The summed E-state index contributed by atoms with van der Waals surface area (Å²) in [6, 6.07) is 7.43. The first-order chi connectivity index (χ1) is 9.52. The number of nitrogens with zero attached hydrogens (tertiary/aromatic N) is 1. The Balaban J connectivity index is 2.20. The molecule has 1 aromatic rings. The summed E-state index contributed by atoms with van der Waals surface area (Å²) in [7, 11) is 1.75. The summed E-state index contributed by atoms with van der Waals surface area (Å²) in [5.74, 6) is 0.702. The molecule has 0 saturated heterocycles. The van der Waals surface area contributed by atoms with E-state index in [1.165, 1.54) is 0 Å². The fourth-order valence-electron chi connectivity index (χ4n) is 1.47. The van der Waals surface area contributed by atoms with Crippen LogP contribution in [0.2, 0.25) is 0 Å². The fraction of sp³-hybridized carbons (Fsp3) is 0.500. The standard InChI is InChI=1S/C14H21BrN2O3/c1-3-17(2)14(19)9-16-8-12(18)10-20-13-6-4-5-11(15)7-13/h4-7,12,16,18H,3,8-10H2,1-2H3. The molecule has 0 aliphatic heterocycles. The van der Waals surface area contributed by atoms with Crippen LogP contribution in [0.5, 0.6) is 5.75 Å². The van der Waals surface area contributed by atoms with Crippen molar-refractivity contribution in [1.29, 1.82) is 0 Å². The maximum atomic E-state index is 11.5. The Hall–Kier alpha value is -1.11. The van der Waals surface area contributed by atoms with Crippen molar-refractivity contribution in [1.82, 2.24) is 10.2 Å². The molecule has 0 aromatic heterocycles. The summed E-state index contributed by atoms with van der Waals surface area (Å²) in [6.45, 7) is 3.31. The molecule has 112 valence electrons. The van der Waals surface area contributed by atoms with Crippen molar-refractivity contribution in [3.63, 3.8) is 0 Å². The van der Waals surface area contributed by atoms with Gasteiger partial charge in [-0.1, -0.05) is 22.0 Å². The van der Waals surface area contributed by atoms with Crippen molar-refractivity contribution < 1.29 is 14.6 Å². The third-order valence-corrected chi connectivity index (χ3v) is 3.29. The second-order valence-corrected chi connectivity index (χ2v) is 5.38. The summed E-state index contributed by atoms with van der Waals surface area (Å²) in [4.78, 5) is 13.1. The van der Waals surface area contributed by atoms with Gasteiger partial charge in [-0.05, 0) is 25.1 Å². The highest BCUT2D eigenvalue weighted by Crippen LogP contribution is 2.17. The Morgan fingerprint density at radius 3 is 2.95 bits per heavy atom. The molecule has 5 nitrogen and oxygen atoms in total. The lowest BCUT2D eigenvalue weighted by molar-refractivity contribution is -0.128. The highest BCUT2D eigenvalue weighted by atomic mass is 79.9. The van der Waals surface area contributed by atoms with E-state index in [9.17, 15) is 9.90 Å². The molecule has 1 aromatic carbocycles. The number of nitrogens with one attached hydrogen (secondary N) is 1. The molecule has 0 aliphatic carbocycles. The number of amides is 1. The largest absolute Gasteiger partial charge is 0.491 e. The predicted molar refractivity (Wildman–Crippen MR) is 81.8 cm³/mol. The van der Waals surface area contributed by atoms with Gasteiger partial charge in [-0.2, -0.15) is 0 Å². The van der Waals surface area contributed by atoms with Gasteiger partial charge in [0.15, 0.2) is 0 Å². The number of rotatable bonds is 8. The Morgan fingerprint density at radius 1 is 1.55 bits per heavy atom. The minimum atomic E-state index is -0.659. The molecule has 0 fully saturated rings. The lowest BCUT2D eigenvalue weighted by Crippen LogP contribution is -2.39. The third-order valence-electron chi connectivity index (χ3n) is 2.79. The molecule has 0 spiro atoms. The minimum absolute atomic E-state index is 0.00704. The average Bonchev–Trinajstić information content (AvgIpc) is 2.44. The molecular weight excluding hydrogens is 324 g/mol. The minimum Gasteiger partial charge on any atom is -0.491 e. The Labute approximate surface area is 128 Å². The van der Waals surface area contributed by atoms with Gasteiger partial charge in [0, 0.05) is 24.6 Å². The Morgan fingerprint density at radius 2 is 2.30 bits per heavy atom. The zero-order valence-corrected chi connectivity index (χ0v) is 13.4. The lowest BCUT2D eigenvalue weighted by atomic mass is 10.3. The van der Waals surface area contributed by atoms with Crippen LogP contribution in [0.15, 0.2) is 28.7 Å². The van der Waals surface area contributed by atoms with Gasteiger partial charge in [-0.15, -0.1) is 0 Å². The molecule has 0 aliphatic rings. The van der Waals surface area contributed by atoms with Crippen molar-refractivity contribution in [3.8, 4) is 5.75 Å².